The number of thioether (sulfide) groups is 1. The summed E-state index contributed by atoms with van der Waals surface area (Å²) in [6.07, 6.45) is 1.10. The standard InChI is InChI=1S/C21H19FN2O3S2/c1-27-20(26)15-6-4-14(5-7-15)18-13-29-21(23-18)24-19(25)3-2-12-28-17-10-8-16(22)9-11-17/h4-11,13H,2-3,12H2,1H3,(H,23,24,25). The monoisotopic (exact) mass is 430 g/mol. The van der Waals surface area contributed by atoms with Crippen LogP contribution in [0.1, 0.15) is 23.2 Å². The zero-order valence-electron chi connectivity index (χ0n) is 15.7. The molecule has 150 valence electrons. The quantitative estimate of drug-likeness (QED) is 0.300. The van der Waals surface area contributed by atoms with Crippen LogP contribution in [0.5, 0.6) is 0 Å². The van der Waals surface area contributed by atoms with Crippen LogP contribution in [0.4, 0.5) is 9.52 Å². The predicted molar refractivity (Wildman–Crippen MR) is 114 cm³/mol. The molecule has 5 nitrogen and oxygen atoms in total. The summed E-state index contributed by atoms with van der Waals surface area (Å²) >= 11 is 2.94. The number of carbonyl (C=O) groups excluding carboxylic acids is 2. The number of benzene rings is 2. The van der Waals surface area contributed by atoms with E-state index in [0.717, 1.165) is 21.9 Å². The van der Waals surface area contributed by atoms with Crippen LogP contribution >= 0.6 is 23.1 Å². The van der Waals surface area contributed by atoms with Crippen molar-refractivity contribution in [3.63, 3.8) is 0 Å². The zero-order valence-corrected chi connectivity index (χ0v) is 17.3. The zero-order chi connectivity index (χ0) is 20.6. The van der Waals surface area contributed by atoms with E-state index in [1.165, 1.54) is 30.6 Å². The SMILES string of the molecule is COC(=O)c1ccc(-c2csc(NC(=O)CCCSc3ccc(F)cc3)n2)cc1. The molecule has 0 fully saturated rings. The van der Waals surface area contributed by atoms with E-state index in [2.05, 4.69) is 15.0 Å². The van der Waals surface area contributed by atoms with Gasteiger partial charge in [0.25, 0.3) is 0 Å². The van der Waals surface area contributed by atoms with E-state index in [-0.39, 0.29) is 17.7 Å². The molecule has 0 aliphatic heterocycles. The summed E-state index contributed by atoms with van der Waals surface area (Å²) in [7, 11) is 1.34. The molecule has 0 aliphatic carbocycles. The van der Waals surface area contributed by atoms with Gasteiger partial charge in [-0.25, -0.2) is 14.2 Å². The van der Waals surface area contributed by atoms with Crippen LogP contribution in [0, 0.1) is 5.82 Å². The van der Waals surface area contributed by atoms with Crippen LogP contribution in [0.25, 0.3) is 11.3 Å². The minimum absolute atomic E-state index is 0.0911. The van der Waals surface area contributed by atoms with Gasteiger partial charge >= 0.3 is 5.97 Å². The smallest absolute Gasteiger partial charge is 0.337 e. The molecule has 3 aromatic rings. The number of nitrogens with one attached hydrogen (secondary N) is 1. The summed E-state index contributed by atoms with van der Waals surface area (Å²) in [6.45, 7) is 0. The van der Waals surface area contributed by atoms with E-state index in [4.69, 9.17) is 0 Å². The van der Waals surface area contributed by atoms with Gasteiger partial charge in [-0.2, -0.15) is 0 Å². The molecule has 1 aromatic heterocycles. The fourth-order valence-corrected chi connectivity index (χ4v) is 4.08. The van der Waals surface area contributed by atoms with Gasteiger partial charge in [0.2, 0.25) is 5.91 Å². The maximum Gasteiger partial charge on any atom is 0.337 e. The minimum atomic E-state index is -0.389. The molecule has 2 aromatic carbocycles. The Kier molecular flexibility index (Phi) is 7.37. The third-order valence-corrected chi connectivity index (χ3v) is 5.84. The largest absolute Gasteiger partial charge is 0.465 e. The van der Waals surface area contributed by atoms with Crippen LogP contribution in [0.2, 0.25) is 0 Å². The van der Waals surface area contributed by atoms with Crippen molar-refractivity contribution in [2.45, 2.75) is 17.7 Å². The molecule has 0 saturated carbocycles. The topological polar surface area (TPSA) is 68.3 Å². The highest BCUT2D eigenvalue weighted by molar-refractivity contribution is 7.99. The Morgan fingerprint density at radius 2 is 1.86 bits per heavy atom. The fraction of sp³-hybridized carbons (Fsp3) is 0.190. The Morgan fingerprint density at radius 1 is 1.14 bits per heavy atom. The highest BCUT2D eigenvalue weighted by atomic mass is 32.2. The number of aromatic nitrogens is 1. The maximum absolute atomic E-state index is 12.9. The van der Waals surface area contributed by atoms with Gasteiger partial charge in [-0.05, 0) is 48.6 Å². The van der Waals surface area contributed by atoms with E-state index in [0.29, 0.717) is 23.5 Å². The first kappa shape index (κ1) is 21.0. The van der Waals surface area contributed by atoms with Crippen molar-refractivity contribution in [2.24, 2.45) is 0 Å². The highest BCUT2D eigenvalue weighted by Crippen LogP contribution is 2.26. The number of thiazole rings is 1. The number of rotatable bonds is 8. The number of methoxy groups -OCH3 is 1. The van der Waals surface area contributed by atoms with Crippen molar-refractivity contribution in [2.75, 3.05) is 18.2 Å². The molecule has 1 N–H and O–H groups in total. The van der Waals surface area contributed by atoms with E-state index in [1.807, 2.05) is 5.38 Å². The Hall–Kier alpha value is -2.71. The summed E-state index contributed by atoms with van der Waals surface area (Å²) in [6, 6.07) is 13.3. The fourth-order valence-electron chi connectivity index (χ4n) is 2.49. The average molecular weight is 431 g/mol. The molecule has 29 heavy (non-hydrogen) atoms. The third-order valence-electron chi connectivity index (χ3n) is 3.98. The number of anilines is 1. The van der Waals surface area contributed by atoms with Crippen LogP contribution in [0.3, 0.4) is 0 Å². The molecular weight excluding hydrogens is 411 g/mol. The second kappa shape index (κ2) is 10.2. The second-order valence-corrected chi connectivity index (χ2v) is 8.09. The van der Waals surface area contributed by atoms with Gasteiger partial charge in [0.05, 0.1) is 18.4 Å². The summed E-state index contributed by atoms with van der Waals surface area (Å²) in [5, 5.41) is 5.20. The van der Waals surface area contributed by atoms with Crippen molar-refractivity contribution in [1.82, 2.24) is 4.98 Å². The number of nitrogens with zero attached hydrogens (tertiary/aromatic N) is 1. The molecule has 3 rings (SSSR count). The molecular formula is C21H19FN2O3S2. The molecule has 8 heteroatoms. The Balaban J connectivity index is 1.46. The van der Waals surface area contributed by atoms with Gasteiger partial charge in [0.15, 0.2) is 5.13 Å². The van der Waals surface area contributed by atoms with E-state index < -0.39 is 0 Å². The highest BCUT2D eigenvalue weighted by Gasteiger charge is 2.10. The molecule has 0 atom stereocenters. The molecule has 0 unspecified atom stereocenters. The number of ether oxygens (including phenoxy) is 1. The summed E-state index contributed by atoms with van der Waals surface area (Å²) in [5.41, 5.74) is 2.05. The van der Waals surface area contributed by atoms with E-state index in [1.54, 1.807) is 48.2 Å². The second-order valence-electron chi connectivity index (χ2n) is 6.06. The predicted octanol–water partition coefficient (Wildman–Crippen LogP) is 5.25. The number of amides is 1. The third kappa shape index (κ3) is 6.13. The molecule has 0 radical (unpaired) electrons. The molecule has 0 saturated heterocycles. The molecule has 0 bridgehead atoms. The normalized spacial score (nSPS) is 10.6. The van der Waals surface area contributed by atoms with Crippen molar-refractivity contribution < 1.29 is 18.7 Å². The van der Waals surface area contributed by atoms with Crippen LogP contribution in [0.15, 0.2) is 58.8 Å². The van der Waals surface area contributed by atoms with Crippen molar-refractivity contribution in [3.8, 4) is 11.3 Å². The van der Waals surface area contributed by atoms with Crippen LogP contribution < -0.4 is 5.32 Å². The average Bonchev–Trinajstić information content (AvgIpc) is 3.20. The number of esters is 1. The summed E-state index contributed by atoms with van der Waals surface area (Å²) < 4.78 is 17.6. The van der Waals surface area contributed by atoms with Gasteiger partial charge in [-0.3, -0.25) is 4.79 Å². The van der Waals surface area contributed by atoms with Crippen molar-refractivity contribution in [3.05, 3.63) is 65.3 Å². The Labute approximate surface area is 176 Å². The van der Waals surface area contributed by atoms with Crippen molar-refractivity contribution >= 4 is 40.1 Å². The van der Waals surface area contributed by atoms with Gasteiger partial charge in [0.1, 0.15) is 5.82 Å². The molecule has 0 spiro atoms. The number of hydrogen-bond acceptors (Lipinski definition) is 6. The first-order chi connectivity index (χ1) is 14.0. The van der Waals surface area contributed by atoms with E-state index in [9.17, 15) is 14.0 Å². The van der Waals surface area contributed by atoms with Crippen LogP contribution in [-0.4, -0.2) is 29.7 Å². The summed E-state index contributed by atoms with van der Waals surface area (Å²) in [4.78, 5) is 29.0. The lowest BCUT2D eigenvalue weighted by atomic mass is 10.1. The lowest BCUT2D eigenvalue weighted by molar-refractivity contribution is -0.116. The molecule has 1 amide bonds. The lowest BCUT2D eigenvalue weighted by Crippen LogP contribution is -2.11. The van der Waals surface area contributed by atoms with Crippen molar-refractivity contribution in [1.29, 1.82) is 0 Å². The van der Waals surface area contributed by atoms with Crippen LogP contribution in [-0.2, 0) is 9.53 Å². The van der Waals surface area contributed by atoms with E-state index >= 15 is 0 Å². The minimum Gasteiger partial charge on any atom is -0.465 e. The number of halogens is 1. The molecule has 1 heterocycles. The maximum atomic E-state index is 12.9. The van der Waals surface area contributed by atoms with Gasteiger partial charge in [-0.1, -0.05) is 12.1 Å². The number of carbonyl (C=O) groups is 2. The van der Waals surface area contributed by atoms with Gasteiger partial charge in [-0.15, -0.1) is 23.1 Å². The van der Waals surface area contributed by atoms with Gasteiger partial charge < -0.3 is 10.1 Å². The molecule has 0 aliphatic rings. The summed E-state index contributed by atoms with van der Waals surface area (Å²) in [5.74, 6) is 0.0392. The Morgan fingerprint density at radius 3 is 2.55 bits per heavy atom. The first-order valence-electron chi connectivity index (χ1n) is 8.87. The van der Waals surface area contributed by atoms with Gasteiger partial charge in [0, 0.05) is 22.3 Å². The lowest BCUT2D eigenvalue weighted by Gasteiger charge is -2.03. The number of hydrogen-bond donors (Lipinski definition) is 1. The Bertz CT molecular complexity index is 972. The first-order valence-corrected chi connectivity index (χ1v) is 10.7.